The predicted octanol–water partition coefficient (Wildman–Crippen LogP) is 2.82. The van der Waals surface area contributed by atoms with Gasteiger partial charge in [-0.2, -0.15) is 0 Å². The number of amides is 2. The summed E-state index contributed by atoms with van der Waals surface area (Å²) in [5.41, 5.74) is 2.29. The van der Waals surface area contributed by atoms with Gasteiger partial charge in [-0.25, -0.2) is 0 Å². The van der Waals surface area contributed by atoms with Crippen molar-refractivity contribution in [3.05, 3.63) is 23.8 Å². The molecular weight excluding hydrogens is 380 g/mol. The van der Waals surface area contributed by atoms with Gasteiger partial charge in [-0.3, -0.25) is 9.59 Å². The molecule has 0 bridgehead atoms. The lowest BCUT2D eigenvalue weighted by atomic mass is 9.93. The summed E-state index contributed by atoms with van der Waals surface area (Å²) >= 11 is 0. The summed E-state index contributed by atoms with van der Waals surface area (Å²) in [7, 11) is 4.07. The van der Waals surface area contributed by atoms with Gasteiger partial charge < -0.3 is 24.8 Å². The zero-order chi connectivity index (χ0) is 21.5. The number of hydrogen-bond acceptors (Lipinski definition) is 5. The summed E-state index contributed by atoms with van der Waals surface area (Å²) in [4.78, 5) is 31.8. The highest BCUT2D eigenvalue weighted by atomic mass is 16.5. The quantitative estimate of drug-likeness (QED) is 0.741. The van der Waals surface area contributed by atoms with Crippen LogP contribution < -0.4 is 10.2 Å². The molecule has 30 heavy (non-hydrogen) atoms. The van der Waals surface area contributed by atoms with E-state index in [2.05, 4.69) is 20.0 Å². The molecule has 1 aliphatic heterocycles. The Bertz CT molecular complexity index is 725. The third-order valence-electron chi connectivity index (χ3n) is 5.97. The molecule has 3 rings (SSSR count). The zero-order valence-corrected chi connectivity index (χ0v) is 18.7. The van der Waals surface area contributed by atoms with Crippen LogP contribution in [0.1, 0.15) is 49.4 Å². The Labute approximate surface area is 180 Å². The maximum atomic E-state index is 13.5. The highest BCUT2D eigenvalue weighted by molar-refractivity contribution is 5.99. The van der Waals surface area contributed by atoms with E-state index in [9.17, 15) is 9.59 Å². The second-order valence-corrected chi connectivity index (χ2v) is 8.61. The normalized spacial score (nSPS) is 17.8. The SMILES string of the molecule is CC(=O)Nc1cc(C(=O)N(CCN(C)C)C2CCCCC2)ccc1N1CCOCC1. The van der Waals surface area contributed by atoms with E-state index in [1.807, 2.05) is 32.3 Å². The fourth-order valence-electron chi connectivity index (χ4n) is 4.36. The van der Waals surface area contributed by atoms with Gasteiger partial charge in [0.15, 0.2) is 0 Å². The average molecular weight is 417 g/mol. The van der Waals surface area contributed by atoms with Crippen LogP contribution in [0, 0.1) is 0 Å². The Morgan fingerprint density at radius 3 is 2.43 bits per heavy atom. The van der Waals surface area contributed by atoms with Crippen LogP contribution in [0.5, 0.6) is 0 Å². The van der Waals surface area contributed by atoms with Crippen LogP contribution in [0.4, 0.5) is 11.4 Å². The Morgan fingerprint density at radius 1 is 1.10 bits per heavy atom. The molecule has 1 saturated carbocycles. The molecule has 0 spiro atoms. The molecule has 1 N–H and O–H groups in total. The average Bonchev–Trinajstić information content (AvgIpc) is 2.74. The molecule has 0 atom stereocenters. The first kappa shape index (κ1) is 22.6. The molecule has 7 heteroatoms. The largest absolute Gasteiger partial charge is 0.378 e. The predicted molar refractivity (Wildman–Crippen MR) is 120 cm³/mol. The van der Waals surface area contributed by atoms with Crippen molar-refractivity contribution in [1.29, 1.82) is 0 Å². The minimum Gasteiger partial charge on any atom is -0.378 e. The van der Waals surface area contributed by atoms with Gasteiger partial charge in [0.1, 0.15) is 0 Å². The van der Waals surface area contributed by atoms with Crippen LogP contribution in [-0.4, -0.2) is 81.1 Å². The first-order chi connectivity index (χ1) is 14.5. The topological polar surface area (TPSA) is 65.1 Å². The molecule has 1 aromatic rings. The molecule has 1 saturated heterocycles. The van der Waals surface area contributed by atoms with Crippen molar-refractivity contribution in [3.63, 3.8) is 0 Å². The van der Waals surface area contributed by atoms with Crippen molar-refractivity contribution in [1.82, 2.24) is 9.80 Å². The Morgan fingerprint density at radius 2 is 1.80 bits per heavy atom. The van der Waals surface area contributed by atoms with Gasteiger partial charge in [0, 0.05) is 44.7 Å². The summed E-state index contributed by atoms with van der Waals surface area (Å²) in [6.45, 7) is 5.95. The number of rotatable bonds is 7. The number of hydrogen-bond donors (Lipinski definition) is 1. The molecule has 0 aromatic heterocycles. The molecule has 0 unspecified atom stereocenters. The number of ether oxygens (including phenoxy) is 1. The van der Waals surface area contributed by atoms with E-state index in [4.69, 9.17) is 4.74 Å². The van der Waals surface area contributed by atoms with Crippen LogP contribution in [-0.2, 0) is 9.53 Å². The molecule has 0 radical (unpaired) electrons. The van der Waals surface area contributed by atoms with E-state index in [1.165, 1.54) is 26.2 Å². The summed E-state index contributed by atoms with van der Waals surface area (Å²) in [5, 5.41) is 2.93. The van der Waals surface area contributed by atoms with Crippen molar-refractivity contribution >= 4 is 23.2 Å². The lowest BCUT2D eigenvalue weighted by Gasteiger charge is -2.35. The summed E-state index contributed by atoms with van der Waals surface area (Å²) in [6.07, 6.45) is 5.77. The first-order valence-corrected chi connectivity index (χ1v) is 11.2. The minimum atomic E-state index is -0.133. The number of nitrogens with zero attached hydrogens (tertiary/aromatic N) is 3. The van der Waals surface area contributed by atoms with Gasteiger partial charge in [0.05, 0.1) is 24.6 Å². The molecule has 7 nitrogen and oxygen atoms in total. The van der Waals surface area contributed by atoms with Gasteiger partial charge >= 0.3 is 0 Å². The highest BCUT2D eigenvalue weighted by Crippen LogP contribution is 2.30. The monoisotopic (exact) mass is 416 g/mol. The number of carbonyl (C=O) groups excluding carboxylic acids is 2. The van der Waals surface area contributed by atoms with E-state index in [-0.39, 0.29) is 11.8 Å². The van der Waals surface area contributed by atoms with Crippen molar-refractivity contribution in [2.75, 3.05) is 63.7 Å². The maximum Gasteiger partial charge on any atom is 0.254 e. The van der Waals surface area contributed by atoms with E-state index in [1.54, 1.807) is 0 Å². The van der Waals surface area contributed by atoms with Crippen molar-refractivity contribution in [2.45, 2.75) is 45.1 Å². The van der Waals surface area contributed by atoms with Crippen molar-refractivity contribution in [3.8, 4) is 0 Å². The smallest absolute Gasteiger partial charge is 0.254 e. The molecule has 166 valence electrons. The second-order valence-electron chi connectivity index (χ2n) is 8.61. The number of anilines is 2. The number of nitrogens with one attached hydrogen (secondary N) is 1. The maximum absolute atomic E-state index is 13.5. The molecular formula is C23H36N4O3. The van der Waals surface area contributed by atoms with Gasteiger partial charge in [0.2, 0.25) is 5.91 Å². The van der Waals surface area contributed by atoms with Gasteiger partial charge in [-0.15, -0.1) is 0 Å². The number of benzene rings is 1. The van der Waals surface area contributed by atoms with Gasteiger partial charge in [0.25, 0.3) is 5.91 Å². The number of likely N-dealkylation sites (N-methyl/N-ethyl adjacent to an activating group) is 1. The number of morpholine rings is 1. The number of carbonyl (C=O) groups is 2. The lowest BCUT2D eigenvalue weighted by Crippen LogP contribution is -2.44. The van der Waals surface area contributed by atoms with Gasteiger partial charge in [-0.05, 0) is 45.1 Å². The third-order valence-corrected chi connectivity index (χ3v) is 5.97. The Kier molecular flexibility index (Phi) is 8.10. The van der Waals surface area contributed by atoms with E-state index >= 15 is 0 Å². The summed E-state index contributed by atoms with van der Waals surface area (Å²) in [6, 6.07) is 6.02. The third kappa shape index (κ3) is 5.95. The Balaban J connectivity index is 1.86. The van der Waals surface area contributed by atoms with Crippen LogP contribution in [0.15, 0.2) is 18.2 Å². The van der Waals surface area contributed by atoms with E-state index in [0.29, 0.717) is 30.5 Å². The molecule has 2 aliphatic rings. The van der Waals surface area contributed by atoms with E-state index in [0.717, 1.165) is 44.7 Å². The lowest BCUT2D eigenvalue weighted by molar-refractivity contribution is -0.114. The van der Waals surface area contributed by atoms with Crippen LogP contribution >= 0.6 is 0 Å². The molecule has 1 aliphatic carbocycles. The molecule has 2 amide bonds. The zero-order valence-electron chi connectivity index (χ0n) is 18.7. The Hall–Kier alpha value is -2.12. The summed E-state index contributed by atoms with van der Waals surface area (Å²) < 4.78 is 5.46. The molecule has 2 fully saturated rings. The standard InChI is InChI=1S/C23H36N4O3/c1-18(28)24-21-17-19(9-10-22(21)26-13-15-30-16-14-26)23(29)27(12-11-25(2)3)20-7-5-4-6-8-20/h9-10,17,20H,4-8,11-16H2,1-3H3,(H,24,28). The highest BCUT2D eigenvalue weighted by Gasteiger charge is 2.27. The second kappa shape index (κ2) is 10.8. The van der Waals surface area contributed by atoms with Crippen molar-refractivity contribution in [2.24, 2.45) is 0 Å². The fourth-order valence-corrected chi connectivity index (χ4v) is 4.36. The minimum absolute atomic E-state index is 0.0591. The summed E-state index contributed by atoms with van der Waals surface area (Å²) in [5.74, 6) is -0.0743. The van der Waals surface area contributed by atoms with Crippen LogP contribution in [0.25, 0.3) is 0 Å². The van der Waals surface area contributed by atoms with Crippen LogP contribution in [0.2, 0.25) is 0 Å². The van der Waals surface area contributed by atoms with E-state index < -0.39 is 0 Å². The van der Waals surface area contributed by atoms with Gasteiger partial charge in [-0.1, -0.05) is 19.3 Å². The fraction of sp³-hybridized carbons (Fsp3) is 0.652. The van der Waals surface area contributed by atoms with Crippen LogP contribution in [0.3, 0.4) is 0 Å². The molecule has 1 aromatic carbocycles. The molecule has 1 heterocycles. The first-order valence-electron chi connectivity index (χ1n) is 11.2. The van der Waals surface area contributed by atoms with Crippen molar-refractivity contribution < 1.29 is 14.3 Å².